The van der Waals surface area contributed by atoms with Crippen LogP contribution in [0, 0.1) is 17.8 Å². The van der Waals surface area contributed by atoms with Gasteiger partial charge < -0.3 is 10.4 Å². The van der Waals surface area contributed by atoms with Gasteiger partial charge in [-0.15, -0.1) is 0 Å². The maximum Gasteiger partial charge on any atom is 0.176 e. The first-order chi connectivity index (χ1) is 10.1. The van der Waals surface area contributed by atoms with Gasteiger partial charge in [0.15, 0.2) is 5.78 Å². The predicted octanol–water partition coefficient (Wildman–Crippen LogP) is 3.13. The first-order valence-corrected chi connectivity index (χ1v) is 8.19. The highest BCUT2D eigenvalue weighted by atomic mass is 16.3. The Labute approximate surface area is 125 Å². The van der Waals surface area contributed by atoms with Crippen molar-refractivity contribution < 1.29 is 9.90 Å². The normalized spacial score (nSPS) is 36.9. The lowest BCUT2D eigenvalue weighted by Gasteiger charge is -2.57. The fourth-order valence-corrected chi connectivity index (χ4v) is 5.34. The molecule has 4 aliphatic rings. The van der Waals surface area contributed by atoms with Crippen molar-refractivity contribution in [3.63, 3.8) is 0 Å². The van der Waals surface area contributed by atoms with Gasteiger partial charge in [-0.25, -0.2) is 0 Å². The number of hydrogen-bond donors (Lipinski definition) is 2. The largest absolute Gasteiger partial charge is 0.508 e. The molecule has 2 N–H and O–H groups in total. The molecule has 0 unspecified atom stereocenters. The smallest absolute Gasteiger partial charge is 0.176 e. The van der Waals surface area contributed by atoms with Gasteiger partial charge in [0.05, 0.1) is 6.54 Å². The van der Waals surface area contributed by atoms with Gasteiger partial charge in [0, 0.05) is 11.1 Å². The number of carbonyl (C=O) groups excluding carboxylic acids is 1. The highest BCUT2D eigenvalue weighted by molar-refractivity contribution is 5.97. The van der Waals surface area contributed by atoms with Crippen molar-refractivity contribution in [2.45, 2.75) is 44.1 Å². The van der Waals surface area contributed by atoms with Crippen molar-refractivity contribution in [2.24, 2.45) is 17.8 Å². The van der Waals surface area contributed by atoms with Crippen LogP contribution in [0.3, 0.4) is 0 Å². The number of ketones is 1. The molecule has 1 aromatic carbocycles. The number of carbonyl (C=O) groups is 1. The second-order valence-corrected chi connectivity index (χ2v) is 7.52. The number of hydrogen-bond acceptors (Lipinski definition) is 3. The molecule has 0 spiro atoms. The molecule has 0 saturated heterocycles. The number of phenolic OH excluding ortho intramolecular Hbond substituents is 1. The van der Waals surface area contributed by atoms with Crippen LogP contribution in [0.15, 0.2) is 24.3 Å². The topological polar surface area (TPSA) is 49.3 Å². The van der Waals surface area contributed by atoms with Crippen LogP contribution in [-0.2, 0) is 0 Å². The molecule has 4 aliphatic carbocycles. The Morgan fingerprint density at radius 3 is 2.10 bits per heavy atom. The van der Waals surface area contributed by atoms with Crippen LogP contribution in [0.5, 0.6) is 5.75 Å². The molecule has 4 saturated carbocycles. The Hall–Kier alpha value is -1.35. The lowest BCUT2D eigenvalue weighted by Crippen LogP contribution is -2.59. The highest BCUT2D eigenvalue weighted by Gasteiger charge is 2.50. The molecule has 0 atom stereocenters. The van der Waals surface area contributed by atoms with E-state index in [1.807, 2.05) is 0 Å². The third-order valence-corrected chi connectivity index (χ3v) is 5.85. The molecule has 5 rings (SSSR count). The van der Waals surface area contributed by atoms with Crippen LogP contribution in [0.2, 0.25) is 0 Å². The summed E-state index contributed by atoms with van der Waals surface area (Å²) in [5.74, 6) is 3.03. The Morgan fingerprint density at radius 2 is 1.57 bits per heavy atom. The average molecular weight is 285 g/mol. The molecule has 112 valence electrons. The summed E-state index contributed by atoms with van der Waals surface area (Å²) in [6.07, 6.45) is 8.07. The molecular weight excluding hydrogens is 262 g/mol. The number of phenols is 1. The molecule has 0 aliphatic heterocycles. The van der Waals surface area contributed by atoms with E-state index in [1.54, 1.807) is 24.3 Å². The van der Waals surface area contributed by atoms with Gasteiger partial charge in [0.1, 0.15) is 5.75 Å². The second-order valence-electron chi connectivity index (χ2n) is 7.52. The molecule has 3 nitrogen and oxygen atoms in total. The van der Waals surface area contributed by atoms with Crippen LogP contribution in [0.1, 0.15) is 48.9 Å². The van der Waals surface area contributed by atoms with E-state index in [2.05, 4.69) is 5.32 Å². The standard InChI is InChI=1S/C18H23NO2/c20-16-3-1-15(2-4-16)17(21)11-19-18-8-12-5-13(9-18)7-14(6-12)10-18/h1-4,12-14,19-20H,5-11H2. The number of nitrogens with one attached hydrogen (secondary N) is 1. The number of rotatable bonds is 4. The van der Waals surface area contributed by atoms with Gasteiger partial charge in [-0.3, -0.25) is 4.79 Å². The summed E-state index contributed by atoms with van der Waals surface area (Å²) >= 11 is 0. The summed E-state index contributed by atoms with van der Waals surface area (Å²) < 4.78 is 0. The van der Waals surface area contributed by atoms with Crippen LogP contribution >= 0.6 is 0 Å². The van der Waals surface area contributed by atoms with Gasteiger partial charge in [-0.1, -0.05) is 0 Å². The monoisotopic (exact) mass is 285 g/mol. The summed E-state index contributed by atoms with van der Waals surface area (Å²) in [5, 5.41) is 12.9. The highest BCUT2D eigenvalue weighted by Crippen LogP contribution is 2.55. The van der Waals surface area contributed by atoms with Gasteiger partial charge in [0.25, 0.3) is 0 Å². The summed E-state index contributed by atoms with van der Waals surface area (Å²) in [6.45, 7) is 0.428. The molecule has 4 bridgehead atoms. The van der Waals surface area contributed by atoms with E-state index in [1.165, 1.54) is 38.5 Å². The molecule has 0 amide bonds. The maximum absolute atomic E-state index is 12.3. The molecule has 3 heteroatoms. The molecule has 4 fully saturated rings. The van der Waals surface area contributed by atoms with Gasteiger partial charge >= 0.3 is 0 Å². The van der Waals surface area contributed by atoms with Crippen molar-refractivity contribution in [2.75, 3.05) is 6.54 Å². The van der Waals surface area contributed by atoms with E-state index in [4.69, 9.17) is 0 Å². The van der Waals surface area contributed by atoms with Crippen molar-refractivity contribution in [3.05, 3.63) is 29.8 Å². The average Bonchev–Trinajstić information content (AvgIpc) is 2.44. The Bertz CT molecular complexity index is 514. The van der Waals surface area contributed by atoms with E-state index < -0.39 is 0 Å². The van der Waals surface area contributed by atoms with Crippen molar-refractivity contribution >= 4 is 5.78 Å². The molecular formula is C18H23NO2. The Balaban J connectivity index is 1.42. The van der Waals surface area contributed by atoms with Gasteiger partial charge in [-0.2, -0.15) is 0 Å². The SMILES string of the molecule is O=C(CNC12CC3CC(CC(C3)C1)C2)c1ccc(O)cc1. The fraction of sp³-hybridized carbons (Fsp3) is 0.611. The van der Waals surface area contributed by atoms with Crippen LogP contribution < -0.4 is 5.32 Å². The Kier molecular flexibility index (Phi) is 3.07. The zero-order valence-electron chi connectivity index (χ0n) is 12.3. The van der Waals surface area contributed by atoms with Crippen molar-refractivity contribution in [1.29, 1.82) is 0 Å². The minimum Gasteiger partial charge on any atom is -0.508 e. The third-order valence-electron chi connectivity index (χ3n) is 5.85. The minimum absolute atomic E-state index is 0.130. The third kappa shape index (κ3) is 2.48. The first kappa shape index (κ1) is 13.3. The molecule has 1 aromatic rings. The predicted molar refractivity (Wildman–Crippen MR) is 81.3 cm³/mol. The second kappa shape index (κ2) is 4.84. The van der Waals surface area contributed by atoms with Gasteiger partial charge in [-0.05, 0) is 80.5 Å². The van der Waals surface area contributed by atoms with Crippen LogP contribution in [-0.4, -0.2) is 23.0 Å². The van der Waals surface area contributed by atoms with Gasteiger partial charge in [0.2, 0.25) is 0 Å². The lowest BCUT2D eigenvalue weighted by atomic mass is 9.53. The van der Waals surface area contributed by atoms with E-state index in [-0.39, 0.29) is 17.1 Å². The molecule has 21 heavy (non-hydrogen) atoms. The quantitative estimate of drug-likeness (QED) is 0.836. The van der Waals surface area contributed by atoms with Crippen LogP contribution in [0.25, 0.3) is 0 Å². The van der Waals surface area contributed by atoms with E-state index in [0.717, 1.165) is 17.8 Å². The zero-order valence-corrected chi connectivity index (χ0v) is 12.3. The number of aromatic hydroxyl groups is 1. The Morgan fingerprint density at radius 1 is 1.05 bits per heavy atom. The molecule has 0 radical (unpaired) electrons. The minimum atomic E-state index is 0.130. The van der Waals surface area contributed by atoms with Crippen molar-refractivity contribution in [3.8, 4) is 5.75 Å². The number of Topliss-reactive ketones (excluding diaryl/α,β-unsaturated/α-hetero) is 1. The van der Waals surface area contributed by atoms with Crippen molar-refractivity contribution in [1.82, 2.24) is 5.32 Å². The summed E-state index contributed by atoms with van der Waals surface area (Å²) in [6, 6.07) is 6.58. The van der Waals surface area contributed by atoms with Crippen LogP contribution in [0.4, 0.5) is 0 Å². The van der Waals surface area contributed by atoms with E-state index in [9.17, 15) is 9.90 Å². The molecule has 0 heterocycles. The maximum atomic E-state index is 12.3. The zero-order chi connectivity index (χ0) is 14.4. The number of benzene rings is 1. The van der Waals surface area contributed by atoms with E-state index in [0.29, 0.717) is 12.1 Å². The lowest BCUT2D eigenvalue weighted by molar-refractivity contribution is -0.0186. The molecule has 0 aromatic heterocycles. The summed E-state index contributed by atoms with van der Waals surface area (Å²) in [7, 11) is 0. The van der Waals surface area contributed by atoms with E-state index >= 15 is 0 Å². The summed E-state index contributed by atoms with van der Waals surface area (Å²) in [4.78, 5) is 12.3. The summed E-state index contributed by atoms with van der Waals surface area (Å²) in [5.41, 5.74) is 0.923. The first-order valence-electron chi connectivity index (χ1n) is 8.19. The fourth-order valence-electron chi connectivity index (χ4n) is 5.34.